The van der Waals surface area contributed by atoms with Gasteiger partial charge in [-0.05, 0) is 80.6 Å². The molecule has 5 nitrogen and oxygen atoms in total. The molecule has 2 atom stereocenters. The number of amides is 2. The lowest BCUT2D eigenvalue weighted by Gasteiger charge is -2.36. The predicted molar refractivity (Wildman–Crippen MR) is 125 cm³/mol. The third kappa shape index (κ3) is 5.48. The zero-order chi connectivity index (χ0) is 22.0. The monoisotopic (exact) mass is 459 g/mol. The number of benzene rings is 2. The van der Waals surface area contributed by atoms with Gasteiger partial charge >= 0.3 is 0 Å². The van der Waals surface area contributed by atoms with Gasteiger partial charge in [0.05, 0.1) is 5.92 Å². The molecule has 172 valence electrons. The molecule has 7 heteroatoms. The maximum atomic E-state index is 13.6. The van der Waals surface area contributed by atoms with Crippen LogP contribution in [-0.4, -0.2) is 41.9 Å². The fourth-order valence-corrected chi connectivity index (χ4v) is 4.30. The summed E-state index contributed by atoms with van der Waals surface area (Å²) < 4.78 is 13.2. The zero-order valence-corrected chi connectivity index (χ0v) is 19.4. The number of hydrogen-bond acceptors (Lipinski definition) is 3. The van der Waals surface area contributed by atoms with E-state index in [1.165, 1.54) is 41.0 Å². The molecule has 2 fully saturated rings. The van der Waals surface area contributed by atoms with Crippen molar-refractivity contribution in [2.24, 2.45) is 5.92 Å². The van der Waals surface area contributed by atoms with Gasteiger partial charge in [0.25, 0.3) is 5.91 Å². The van der Waals surface area contributed by atoms with Crippen LogP contribution >= 0.6 is 12.4 Å². The highest BCUT2D eigenvalue weighted by Crippen LogP contribution is 2.31. The summed E-state index contributed by atoms with van der Waals surface area (Å²) in [6, 6.07) is 11.8. The molecule has 0 bridgehead atoms. The lowest BCUT2D eigenvalue weighted by atomic mass is 9.91. The number of carbonyl (C=O) groups is 2. The number of hydrogen-bond donors (Lipinski definition) is 2. The number of nitrogens with zero attached hydrogens (tertiary/aromatic N) is 1. The highest BCUT2D eigenvalue weighted by molar-refractivity contribution is 5.95. The molecular formula is C25H31ClFN3O2. The van der Waals surface area contributed by atoms with Crippen molar-refractivity contribution in [2.45, 2.75) is 51.7 Å². The third-order valence-electron chi connectivity index (χ3n) is 6.55. The molecule has 2 aromatic carbocycles. The molecule has 2 aliphatic rings. The third-order valence-corrected chi connectivity index (χ3v) is 6.55. The molecular weight excluding hydrogens is 429 g/mol. The van der Waals surface area contributed by atoms with Crippen molar-refractivity contribution in [3.8, 4) is 0 Å². The predicted octanol–water partition coefficient (Wildman–Crippen LogP) is 3.76. The molecule has 1 heterocycles. The van der Waals surface area contributed by atoms with Crippen molar-refractivity contribution in [1.29, 1.82) is 0 Å². The van der Waals surface area contributed by atoms with Gasteiger partial charge in [0.1, 0.15) is 5.82 Å². The van der Waals surface area contributed by atoms with Crippen molar-refractivity contribution in [3.63, 3.8) is 0 Å². The molecule has 32 heavy (non-hydrogen) atoms. The molecule has 0 spiro atoms. The van der Waals surface area contributed by atoms with E-state index in [2.05, 4.69) is 36.6 Å². The second-order valence-electron chi connectivity index (χ2n) is 8.74. The van der Waals surface area contributed by atoms with Crippen LogP contribution in [0.15, 0.2) is 42.5 Å². The van der Waals surface area contributed by atoms with Crippen LogP contribution in [0.25, 0.3) is 0 Å². The number of rotatable bonds is 6. The molecule has 1 saturated carbocycles. The molecule has 4 rings (SSSR count). The Bertz CT molecular complexity index is 962. The Morgan fingerprint density at radius 2 is 1.81 bits per heavy atom. The Hall–Kier alpha value is -2.44. The van der Waals surface area contributed by atoms with Gasteiger partial charge in [-0.1, -0.05) is 18.2 Å². The first-order valence-electron chi connectivity index (χ1n) is 11.1. The summed E-state index contributed by atoms with van der Waals surface area (Å²) in [5, 5.41) is 6.35. The summed E-state index contributed by atoms with van der Waals surface area (Å²) in [7, 11) is 0. The minimum atomic E-state index is -0.377. The summed E-state index contributed by atoms with van der Waals surface area (Å²) in [5.41, 5.74) is 4.03. The standard InChI is InChI=1S/C25H30FN3O2.ClH/c1-16-4-3-5-19(17(16)2)15-29(21-10-11-21)25(31)22-14-27-13-12-23(22)28-24(30)18-6-8-20(26)9-7-18;/h3-9,21-23,27H,10-15H2,1-2H3,(H,28,30);1H. The van der Waals surface area contributed by atoms with Gasteiger partial charge in [-0.15, -0.1) is 12.4 Å². The average molecular weight is 460 g/mol. The Kier molecular flexibility index (Phi) is 7.91. The molecule has 1 aliphatic heterocycles. The van der Waals surface area contributed by atoms with E-state index in [0.717, 1.165) is 19.4 Å². The van der Waals surface area contributed by atoms with E-state index < -0.39 is 0 Å². The summed E-state index contributed by atoms with van der Waals surface area (Å²) in [4.78, 5) is 28.4. The first-order valence-corrected chi connectivity index (χ1v) is 11.1. The summed E-state index contributed by atoms with van der Waals surface area (Å²) >= 11 is 0. The van der Waals surface area contributed by atoms with E-state index in [0.29, 0.717) is 25.1 Å². The van der Waals surface area contributed by atoms with Gasteiger partial charge in [-0.3, -0.25) is 9.59 Å². The zero-order valence-electron chi connectivity index (χ0n) is 18.6. The lowest BCUT2D eigenvalue weighted by Crippen LogP contribution is -2.55. The molecule has 2 aromatic rings. The Morgan fingerprint density at radius 3 is 2.50 bits per heavy atom. The van der Waals surface area contributed by atoms with E-state index in [1.54, 1.807) is 0 Å². The average Bonchev–Trinajstić information content (AvgIpc) is 3.60. The summed E-state index contributed by atoms with van der Waals surface area (Å²) in [6.07, 6.45) is 2.75. The number of aryl methyl sites for hydroxylation is 1. The fraction of sp³-hybridized carbons (Fsp3) is 0.440. The first kappa shape index (κ1) is 24.2. The Labute approximate surface area is 195 Å². The van der Waals surface area contributed by atoms with E-state index >= 15 is 0 Å². The minimum absolute atomic E-state index is 0. The molecule has 0 aromatic heterocycles. The van der Waals surface area contributed by atoms with Crippen LogP contribution in [0.2, 0.25) is 0 Å². The highest BCUT2D eigenvalue weighted by Gasteiger charge is 2.40. The minimum Gasteiger partial charge on any atom is -0.348 e. The maximum absolute atomic E-state index is 13.6. The summed E-state index contributed by atoms with van der Waals surface area (Å²) in [5.74, 6) is -0.862. The van der Waals surface area contributed by atoms with E-state index in [9.17, 15) is 14.0 Å². The van der Waals surface area contributed by atoms with Gasteiger partial charge in [0, 0.05) is 30.7 Å². The number of nitrogens with one attached hydrogen (secondary N) is 2. The quantitative estimate of drug-likeness (QED) is 0.691. The van der Waals surface area contributed by atoms with Crippen LogP contribution in [0.5, 0.6) is 0 Å². The summed E-state index contributed by atoms with van der Waals surface area (Å²) in [6.45, 7) is 6.09. The molecule has 2 N–H and O–H groups in total. The van der Waals surface area contributed by atoms with Crippen molar-refractivity contribution in [3.05, 3.63) is 70.5 Å². The van der Waals surface area contributed by atoms with Gasteiger partial charge in [0.15, 0.2) is 0 Å². The first-order chi connectivity index (χ1) is 14.9. The van der Waals surface area contributed by atoms with Crippen molar-refractivity contribution >= 4 is 24.2 Å². The van der Waals surface area contributed by atoms with Crippen molar-refractivity contribution < 1.29 is 14.0 Å². The largest absolute Gasteiger partial charge is 0.348 e. The van der Waals surface area contributed by atoms with Crippen LogP contribution in [0.4, 0.5) is 4.39 Å². The van der Waals surface area contributed by atoms with Crippen LogP contribution < -0.4 is 10.6 Å². The topological polar surface area (TPSA) is 61.4 Å². The van der Waals surface area contributed by atoms with Gasteiger partial charge < -0.3 is 15.5 Å². The Morgan fingerprint density at radius 1 is 1.09 bits per heavy atom. The smallest absolute Gasteiger partial charge is 0.251 e. The molecule has 2 unspecified atom stereocenters. The van der Waals surface area contributed by atoms with E-state index in [1.807, 2.05) is 11.0 Å². The SMILES string of the molecule is Cc1cccc(CN(C(=O)C2CNCCC2NC(=O)c2ccc(F)cc2)C2CC2)c1C.Cl. The van der Waals surface area contributed by atoms with Gasteiger partial charge in [-0.25, -0.2) is 4.39 Å². The van der Waals surface area contributed by atoms with Crippen LogP contribution in [-0.2, 0) is 11.3 Å². The fourth-order valence-electron chi connectivity index (χ4n) is 4.30. The maximum Gasteiger partial charge on any atom is 0.251 e. The molecule has 2 amide bonds. The Balaban J connectivity index is 0.00000289. The lowest BCUT2D eigenvalue weighted by molar-refractivity contribution is -0.138. The molecule has 0 radical (unpaired) electrons. The van der Waals surface area contributed by atoms with Crippen LogP contribution in [0.1, 0.15) is 46.3 Å². The van der Waals surface area contributed by atoms with Gasteiger partial charge in [-0.2, -0.15) is 0 Å². The molecule has 1 aliphatic carbocycles. The normalized spacial score (nSPS) is 20.2. The van der Waals surface area contributed by atoms with Gasteiger partial charge in [0.2, 0.25) is 5.91 Å². The van der Waals surface area contributed by atoms with Crippen molar-refractivity contribution in [2.75, 3.05) is 13.1 Å². The highest BCUT2D eigenvalue weighted by atomic mass is 35.5. The van der Waals surface area contributed by atoms with E-state index in [4.69, 9.17) is 0 Å². The number of carbonyl (C=O) groups excluding carboxylic acids is 2. The number of halogens is 2. The molecule has 1 saturated heterocycles. The number of piperidine rings is 1. The second kappa shape index (κ2) is 10.5. The van der Waals surface area contributed by atoms with E-state index in [-0.39, 0.29) is 48.0 Å². The second-order valence-corrected chi connectivity index (χ2v) is 8.74. The van der Waals surface area contributed by atoms with Crippen molar-refractivity contribution in [1.82, 2.24) is 15.5 Å². The van der Waals surface area contributed by atoms with Crippen LogP contribution in [0, 0.1) is 25.6 Å². The van der Waals surface area contributed by atoms with Crippen LogP contribution in [0.3, 0.4) is 0 Å².